The molecule has 10 heteroatoms. The predicted octanol–water partition coefficient (Wildman–Crippen LogP) is 0.495. The molecule has 1 atom stereocenters. The Hall–Kier alpha value is -3.66. The van der Waals surface area contributed by atoms with Gasteiger partial charge in [-0.25, -0.2) is 19.3 Å². The van der Waals surface area contributed by atoms with Gasteiger partial charge in [-0.15, -0.1) is 0 Å². The molecule has 0 radical (unpaired) electrons. The minimum absolute atomic E-state index is 0.238. The van der Waals surface area contributed by atoms with E-state index >= 15 is 0 Å². The highest BCUT2D eigenvalue weighted by Crippen LogP contribution is 2.24. The highest BCUT2D eigenvalue weighted by molar-refractivity contribution is 5.96. The number of methoxy groups -OCH3 is 1. The summed E-state index contributed by atoms with van der Waals surface area (Å²) in [6.07, 6.45) is 2.61. The maximum absolute atomic E-state index is 12.5. The molecule has 0 bridgehead atoms. The number of imidazole rings is 1. The molecule has 4 N–H and O–H groups in total. The van der Waals surface area contributed by atoms with Crippen LogP contribution in [0.2, 0.25) is 0 Å². The van der Waals surface area contributed by atoms with Crippen LogP contribution in [0.3, 0.4) is 0 Å². The number of aromatic amines is 1. The molecule has 1 aliphatic heterocycles. The highest BCUT2D eigenvalue weighted by atomic mass is 16.5. The Morgan fingerprint density at radius 2 is 2.22 bits per heavy atom. The molecule has 2 aromatic heterocycles. The zero-order chi connectivity index (χ0) is 19.0. The minimum Gasteiger partial charge on any atom is -0.465 e. The molecule has 1 aliphatic rings. The number of rotatable bonds is 3. The molecular formula is C17H17N7O3. The third-order valence-electron chi connectivity index (χ3n) is 4.21. The molecular weight excluding hydrogens is 350 g/mol. The molecule has 1 aromatic carbocycles. The summed E-state index contributed by atoms with van der Waals surface area (Å²) >= 11 is 0. The Morgan fingerprint density at radius 3 is 2.96 bits per heavy atom. The SMILES string of the molecule is COC(=O)c1cccc(Cn2c3c([nH]c2=O)C(N)N=C(n2cccn2)N3)c1. The van der Waals surface area contributed by atoms with E-state index in [4.69, 9.17) is 10.5 Å². The summed E-state index contributed by atoms with van der Waals surface area (Å²) in [5, 5.41) is 7.23. The van der Waals surface area contributed by atoms with Crippen LogP contribution in [0, 0.1) is 0 Å². The van der Waals surface area contributed by atoms with Crippen molar-refractivity contribution in [1.82, 2.24) is 19.3 Å². The third kappa shape index (κ3) is 3.02. The molecule has 1 unspecified atom stereocenters. The first-order valence-corrected chi connectivity index (χ1v) is 8.17. The number of carbonyl (C=O) groups is 1. The fourth-order valence-electron chi connectivity index (χ4n) is 2.93. The van der Waals surface area contributed by atoms with E-state index in [2.05, 4.69) is 20.4 Å². The van der Waals surface area contributed by atoms with Crippen LogP contribution in [-0.2, 0) is 11.3 Å². The van der Waals surface area contributed by atoms with E-state index < -0.39 is 12.1 Å². The maximum Gasteiger partial charge on any atom is 0.337 e. The molecule has 3 aromatic rings. The number of nitrogens with two attached hydrogens (primary N) is 1. The van der Waals surface area contributed by atoms with Crippen LogP contribution in [0.15, 0.2) is 52.5 Å². The van der Waals surface area contributed by atoms with E-state index in [0.717, 1.165) is 5.56 Å². The third-order valence-corrected chi connectivity index (χ3v) is 4.21. The molecule has 0 aliphatic carbocycles. The van der Waals surface area contributed by atoms with Gasteiger partial charge in [-0.2, -0.15) is 5.10 Å². The van der Waals surface area contributed by atoms with Crippen LogP contribution >= 0.6 is 0 Å². The van der Waals surface area contributed by atoms with Gasteiger partial charge in [0.25, 0.3) is 0 Å². The Kier molecular flexibility index (Phi) is 4.09. The number of nitrogens with zero attached hydrogens (tertiary/aromatic N) is 4. The molecule has 0 amide bonds. The number of hydrogen-bond donors (Lipinski definition) is 3. The number of anilines is 1. The number of fused-ring (bicyclic) bond motifs is 1. The number of esters is 1. The Morgan fingerprint density at radius 1 is 1.37 bits per heavy atom. The van der Waals surface area contributed by atoms with Crippen molar-refractivity contribution in [3.05, 3.63) is 70.0 Å². The molecule has 0 fully saturated rings. The Bertz CT molecular complexity index is 1080. The first kappa shape index (κ1) is 16.8. The lowest BCUT2D eigenvalue weighted by atomic mass is 10.1. The lowest BCUT2D eigenvalue weighted by Gasteiger charge is -2.20. The van der Waals surface area contributed by atoms with Crippen molar-refractivity contribution in [3.63, 3.8) is 0 Å². The van der Waals surface area contributed by atoms with Gasteiger partial charge in [0.05, 0.1) is 19.2 Å². The Labute approximate surface area is 153 Å². The lowest BCUT2D eigenvalue weighted by Crippen LogP contribution is -2.31. The fourth-order valence-corrected chi connectivity index (χ4v) is 2.93. The highest BCUT2D eigenvalue weighted by Gasteiger charge is 2.26. The zero-order valence-corrected chi connectivity index (χ0v) is 14.4. The zero-order valence-electron chi connectivity index (χ0n) is 14.4. The molecule has 27 heavy (non-hydrogen) atoms. The van der Waals surface area contributed by atoms with Gasteiger partial charge in [0.1, 0.15) is 17.7 Å². The summed E-state index contributed by atoms with van der Waals surface area (Å²) in [6, 6.07) is 8.66. The fraction of sp³-hybridized carbons (Fsp3) is 0.176. The van der Waals surface area contributed by atoms with Crippen LogP contribution in [-0.4, -0.2) is 38.4 Å². The van der Waals surface area contributed by atoms with Gasteiger partial charge < -0.3 is 20.8 Å². The predicted molar refractivity (Wildman–Crippen MR) is 97.5 cm³/mol. The molecule has 3 heterocycles. The quantitative estimate of drug-likeness (QED) is 0.577. The number of nitrogens with one attached hydrogen (secondary N) is 2. The number of aromatic nitrogens is 4. The van der Waals surface area contributed by atoms with Crippen molar-refractivity contribution < 1.29 is 9.53 Å². The van der Waals surface area contributed by atoms with Crippen LogP contribution in [0.25, 0.3) is 0 Å². The monoisotopic (exact) mass is 367 g/mol. The topological polar surface area (TPSA) is 132 Å². The average Bonchev–Trinajstić information content (AvgIpc) is 3.31. The number of hydrogen-bond acceptors (Lipinski definition) is 7. The van der Waals surface area contributed by atoms with Crippen LogP contribution in [0.5, 0.6) is 0 Å². The minimum atomic E-state index is -0.726. The molecule has 4 rings (SSSR count). The molecule has 0 spiro atoms. The van der Waals surface area contributed by atoms with Crippen LogP contribution in [0.1, 0.15) is 27.8 Å². The number of H-pyrrole nitrogens is 1. The van der Waals surface area contributed by atoms with Gasteiger partial charge in [-0.05, 0) is 23.8 Å². The lowest BCUT2D eigenvalue weighted by molar-refractivity contribution is 0.0600. The normalized spacial score (nSPS) is 15.6. The number of ether oxygens (including phenoxy) is 1. The van der Waals surface area contributed by atoms with Gasteiger partial charge in [0.15, 0.2) is 0 Å². The van der Waals surface area contributed by atoms with Crippen molar-refractivity contribution in [2.75, 3.05) is 12.4 Å². The summed E-state index contributed by atoms with van der Waals surface area (Å²) in [6.45, 7) is 0.238. The smallest absolute Gasteiger partial charge is 0.337 e. The summed E-state index contributed by atoms with van der Waals surface area (Å²) in [5.74, 6) is 0.487. The van der Waals surface area contributed by atoms with E-state index in [0.29, 0.717) is 23.0 Å². The number of aliphatic imine (C=N–C) groups is 1. The number of benzene rings is 1. The van der Waals surface area contributed by atoms with E-state index in [1.807, 2.05) is 6.07 Å². The second kappa shape index (κ2) is 6.57. The van der Waals surface area contributed by atoms with Gasteiger partial charge >= 0.3 is 11.7 Å². The molecule has 10 nitrogen and oxygen atoms in total. The average molecular weight is 367 g/mol. The van der Waals surface area contributed by atoms with Crippen molar-refractivity contribution in [3.8, 4) is 0 Å². The largest absolute Gasteiger partial charge is 0.465 e. The van der Waals surface area contributed by atoms with Crippen molar-refractivity contribution in [2.24, 2.45) is 10.7 Å². The number of carbonyl (C=O) groups excluding carboxylic acids is 1. The van der Waals surface area contributed by atoms with Crippen molar-refractivity contribution in [1.29, 1.82) is 0 Å². The summed E-state index contributed by atoms with van der Waals surface area (Å²) in [7, 11) is 1.32. The molecule has 0 saturated heterocycles. The molecule has 138 valence electrons. The molecule has 0 saturated carbocycles. The van der Waals surface area contributed by atoms with Gasteiger partial charge in [0, 0.05) is 12.4 Å². The van der Waals surface area contributed by atoms with Crippen molar-refractivity contribution >= 4 is 17.7 Å². The van der Waals surface area contributed by atoms with Crippen LogP contribution in [0.4, 0.5) is 5.82 Å². The summed E-state index contributed by atoms with van der Waals surface area (Å²) < 4.78 is 7.78. The second-order valence-corrected chi connectivity index (χ2v) is 5.94. The van der Waals surface area contributed by atoms with Gasteiger partial charge in [0.2, 0.25) is 5.96 Å². The van der Waals surface area contributed by atoms with Gasteiger partial charge in [-0.3, -0.25) is 4.57 Å². The van der Waals surface area contributed by atoms with E-state index in [1.165, 1.54) is 16.4 Å². The van der Waals surface area contributed by atoms with E-state index in [1.54, 1.807) is 36.7 Å². The van der Waals surface area contributed by atoms with Gasteiger partial charge in [-0.1, -0.05) is 12.1 Å². The Balaban J connectivity index is 1.69. The second-order valence-electron chi connectivity index (χ2n) is 5.94. The maximum atomic E-state index is 12.5. The van der Waals surface area contributed by atoms with E-state index in [-0.39, 0.29) is 12.2 Å². The van der Waals surface area contributed by atoms with Crippen molar-refractivity contribution in [2.45, 2.75) is 12.7 Å². The summed E-state index contributed by atoms with van der Waals surface area (Å²) in [5.41, 5.74) is 7.42. The first-order valence-electron chi connectivity index (χ1n) is 8.17. The first-order chi connectivity index (χ1) is 13.1. The van der Waals surface area contributed by atoms with E-state index in [9.17, 15) is 9.59 Å². The summed E-state index contributed by atoms with van der Waals surface area (Å²) in [4.78, 5) is 31.3. The standard InChI is InChI=1S/C17H17N7O3/c1-27-15(25)11-5-2-4-10(8-11)9-23-14-12(20-17(23)26)13(18)21-16(22-14)24-7-3-6-19-24/h2-8,13H,9,18H2,1H3,(H,20,26)(H,21,22). The van der Waals surface area contributed by atoms with Crippen LogP contribution < -0.4 is 16.7 Å².